The number of imidazole rings is 1. The van der Waals surface area contributed by atoms with Gasteiger partial charge >= 0.3 is 0 Å². The molecule has 55 heavy (non-hydrogen) atoms. The molecule has 0 saturated carbocycles. The second kappa shape index (κ2) is 12.7. The third-order valence-corrected chi connectivity index (χ3v) is 11.9. The number of rotatable bonds is 5. The van der Waals surface area contributed by atoms with Gasteiger partial charge in [0, 0.05) is 28.7 Å². The summed E-state index contributed by atoms with van der Waals surface area (Å²) in [5.74, 6) is 0. The Balaban J connectivity index is 1.08. The number of allylic oxidation sites excluding steroid dienone is 7. The second-order valence-corrected chi connectivity index (χ2v) is 14.8. The lowest BCUT2D eigenvalue weighted by molar-refractivity contribution is 0.727. The third-order valence-electron chi connectivity index (χ3n) is 11.9. The lowest BCUT2D eigenvalue weighted by Gasteiger charge is -2.34. The van der Waals surface area contributed by atoms with Gasteiger partial charge in [-0.15, -0.1) is 0 Å². The van der Waals surface area contributed by atoms with Gasteiger partial charge in [-0.05, 0) is 137 Å². The van der Waals surface area contributed by atoms with Gasteiger partial charge in [-0.25, -0.2) is 4.98 Å². The zero-order valence-corrected chi connectivity index (χ0v) is 30.4. The molecule has 0 bridgehead atoms. The number of aryl methyl sites for hydroxylation is 1. The van der Waals surface area contributed by atoms with E-state index in [-0.39, 0.29) is 0 Å². The van der Waals surface area contributed by atoms with Crippen LogP contribution in [0.5, 0.6) is 0 Å². The summed E-state index contributed by atoms with van der Waals surface area (Å²) in [7, 11) is 0. The molecule has 0 fully saturated rings. The van der Waals surface area contributed by atoms with E-state index < -0.39 is 5.41 Å². The van der Waals surface area contributed by atoms with Crippen LogP contribution in [0.3, 0.4) is 0 Å². The SMILES string of the molecule is C1=CCCC=C(C2(c3ccccn3)c3ccccc3-c3cc4c5c(n(-c6ccc(-c7ccc(-n8cnc9ccccc98)cc7)cc6)c4cc32)C=CCC5)C=C1. The van der Waals surface area contributed by atoms with Crippen LogP contribution in [0.4, 0.5) is 0 Å². The number of benzene rings is 5. The quantitative estimate of drug-likeness (QED) is 0.179. The smallest absolute Gasteiger partial charge is 0.100 e. The highest BCUT2D eigenvalue weighted by Gasteiger charge is 2.48. The van der Waals surface area contributed by atoms with E-state index in [0.717, 1.165) is 53.8 Å². The van der Waals surface area contributed by atoms with Gasteiger partial charge in [0.1, 0.15) is 6.33 Å². The molecule has 3 aromatic heterocycles. The van der Waals surface area contributed by atoms with Crippen molar-refractivity contribution in [3.8, 4) is 33.6 Å². The average molecular weight is 707 g/mol. The van der Waals surface area contributed by atoms with Crippen LogP contribution >= 0.6 is 0 Å². The summed E-state index contributed by atoms with van der Waals surface area (Å²) in [6.45, 7) is 0. The Hall–Kier alpha value is -6.78. The topological polar surface area (TPSA) is 35.6 Å². The first-order chi connectivity index (χ1) is 27.3. The lowest BCUT2D eigenvalue weighted by atomic mass is 9.68. The summed E-state index contributed by atoms with van der Waals surface area (Å²) in [5, 5.41) is 1.33. The van der Waals surface area contributed by atoms with Crippen molar-refractivity contribution >= 4 is 28.0 Å². The lowest BCUT2D eigenvalue weighted by Crippen LogP contribution is -2.30. The van der Waals surface area contributed by atoms with Gasteiger partial charge in [-0.3, -0.25) is 9.55 Å². The van der Waals surface area contributed by atoms with Crippen molar-refractivity contribution < 1.29 is 0 Å². The molecule has 4 nitrogen and oxygen atoms in total. The summed E-state index contributed by atoms with van der Waals surface area (Å²) in [6, 6.07) is 46.5. The van der Waals surface area contributed by atoms with Gasteiger partial charge in [-0.1, -0.05) is 103 Å². The Morgan fingerprint density at radius 1 is 0.582 bits per heavy atom. The van der Waals surface area contributed by atoms with E-state index in [9.17, 15) is 0 Å². The van der Waals surface area contributed by atoms with E-state index in [0.29, 0.717) is 0 Å². The predicted molar refractivity (Wildman–Crippen MR) is 226 cm³/mol. The third kappa shape index (κ3) is 4.84. The first kappa shape index (κ1) is 31.7. The largest absolute Gasteiger partial charge is 0.310 e. The maximum Gasteiger partial charge on any atom is 0.100 e. The molecular weight excluding hydrogens is 669 g/mol. The fourth-order valence-electron chi connectivity index (χ4n) is 9.40. The highest BCUT2D eigenvalue weighted by molar-refractivity contribution is 5.99. The minimum atomic E-state index is -0.548. The maximum atomic E-state index is 5.14. The normalized spacial score (nSPS) is 17.1. The molecule has 1 unspecified atom stereocenters. The molecule has 0 spiro atoms. The number of para-hydroxylation sites is 2. The molecule has 3 aliphatic carbocycles. The Labute approximate surface area is 320 Å². The molecule has 5 aromatic carbocycles. The van der Waals surface area contributed by atoms with Gasteiger partial charge in [0.2, 0.25) is 0 Å². The zero-order valence-electron chi connectivity index (χ0n) is 30.4. The number of hydrogen-bond acceptors (Lipinski definition) is 2. The average Bonchev–Trinajstić information content (AvgIpc) is 3.90. The fraction of sp³-hybridized carbons (Fsp3) is 0.0980. The van der Waals surface area contributed by atoms with Crippen LogP contribution in [0.1, 0.15) is 47.3 Å². The van der Waals surface area contributed by atoms with Crippen molar-refractivity contribution in [3.63, 3.8) is 0 Å². The van der Waals surface area contributed by atoms with E-state index >= 15 is 0 Å². The summed E-state index contributed by atoms with van der Waals surface area (Å²) >= 11 is 0. The van der Waals surface area contributed by atoms with Crippen molar-refractivity contribution in [2.75, 3.05) is 0 Å². The number of nitrogens with zero attached hydrogens (tertiary/aromatic N) is 4. The number of pyridine rings is 1. The monoisotopic (exact) mass is 706 g/mol. The first-order valence-corrected chi connectivity index (χ1v) is 19.4. The Bertz CT molecular complexity index is 2900. The van der Waals surface area contributed by atoms with Gasteiger partial charge in [-0.2, -0.15) is 0 Å². The Kier molecular flexibility index (Phi) is 7.31. The first-order valence-electron chi connectivity index (χ1n) is 19.4. The van der Waals surface area contributed by atoms with Gasteiger partial charge in [0.25, 0.3) is 0 Å². The highest BCUT2D eigenvalue weighted by Crippen LogP contribution is 2.57. The molecule has 11 rings (SSSR count). The molecule has 1 atom stereocenters. The standard InChI is InChI=1S/C51H38N4/c1-2-4-14-37(15-5-3-1)51(50-22-12-13-31-52-50)44-18-8-6-16-40(44)42-32-43-41-17-7-10-20-47(41)55(49(43)33-45(42)51)39-29-25-36(26-30-39)35-23-27-38(28-24-35)54-34-53-46-19-9-11-21-48(46)54/h1-2,4,6,8-16,18-34H,3,5,7,17H2. The van der Waals surface area contributed by atoms with E-state index in [1.165, 1.54) is 61.1 Å². The Morgan fingerprint density at radius 2 is 1.38 bits per heavy atom. The minimum Gasteiger partial charge on any atom is -0.310 e. The summed E-state index contributed by atoms with van der Waals surface area (Å²) in [6.07, 6.45) is 24.0. The van der Waals surface area contributed by atoms with Crippen molar-refractivity contribution in [1.29, 1.82) is 0 Å². The summed E-state index contributed by atoms with van der Waals surface area (Å²) in [5.41, 5.74) is 17.7. The van der Waals surface area contributed by atoms with E-state index in [2.05, 4.69) is 172 Å². The van der Waals surface area contributed by atoms with Crippen molar-refractivity contribution in [1.82, 2.24) is 19.1 Å². The van der Waals surface area contributed by atoms with Gasteiger partial charge in [0.15, 0.2) is 0 Å². The van der Waals surface area contributed by atoms with E-state index in [4.69, 9.17) is 4.98 Å². The molecule has 4 heteroatoms. The van der Waals surface area contributed by atoms with Crippen LogP contribution in [0.15, 0.2) is 182 Å². The van der Waals surface area contributed by atoms with Gasteiger partial charge < -0.3 is 4.57 Å². The van der Waals surface area contributed by atoms with Crippen LogP contribution in [-0.4, -0.2) is 19.1 Å². The van der Waals surface area contributed by atoms with E-state index in [1.54, 1.807) is 0 Å². The molecule has 3 aliphatic rings. The van der Waals surface area contributed by atoms with Crippen LogP contribution < -0.4 is 0 Å². The number of fused-ring (bicyclic) bond motifs is 7. The Morgan fingerprint density at radius 3 is 2.24 bits per heavy atom. The molecule has 262 valence electrons. The molecule has 0 aliphatic heterocycles. The number of hydrogen-bond donors (Lipinski definition) is 0. The van der Waals surface area contributed by atoms with Crippen LogP contribution in [0.25, 0.3) is 61.6 Å². The zero-order chi connectivity index (χ0) is 36.3. The van der Waals surface area contributed by atoms with Crippen LogP contribution in [-0.2, 0) is 11.8 Å². The van der Waals surface area contributed by atoms with Crippen molar-refractivity contribution in [2.45, 2.75) is 31.1 Å². The van der Waals surface area contributed by atoms with E-state index in [1.807, 2.05) is 24.7 Å². The van der Waals surface area contributed by atoms with Crippen LogP contribution in [0.2, 0.25) is 0 Å². The van der Waals surface area contributed by atoms with Crippen LogP contribution in [0, 0.1) is 0 Å². The number of aromatic nitrogens is 4. The molecule has 0 N–H and O–H groups in total. The molecule has 0 saturated heterocycles. The minimum absolute atomic E-state index is 0.548. The van der Waals surface area contributed by atoms with Crippen molar-refractivity contribution in [2.24, 2.45) is 0 Å². The highest BCUT2D eigenvalue weighted by atomic mass is 15.0. The van der Waals surface area contributed by atoms with Crippen molar-refractivity contribution in [3.05, 3.63) is 210 Å². The maximum absolute atomic E-state index is 5.14. The molecule has 0 amide bonds. The second-order valence-electron chi connectivity index (χ2n) is 14.8. The predicted octanol–water partition coefficient (Wildman–Crippen LogP) is 12.1. The molecule has 8 aromatic rings. The summed E-state index contributed by atoms with van der Waals surface area (Å²) < 4.78 is 4.64. The summed E-state index contributed by atoms with van der Waals surface area (Å²) in [4.78, 5) is 9.73. The molecular formula is C51H38N4. The molecule has 3 heterocycles. The molecule has 0 radical (unpaired) electrons. The fourth-order valence-corrected chi connectivity index (χ4v) is 9.40. The van der Waals surface area contributed by atoms with Gasteiger partial charge in [0.05, 0.1) is 27.7 Å².